The second kappa shape index (κ2) is 16.0. The van der Waals surface area contributed by atoms with E-state index in [1.807, 2.05) is 39.8 Å². The van der Waals surface area contributed by atoms with E-state index in [0.717, 1.165) is 0 Å². The fourth-order valence-electron chi connectivity index (χ4n) is 5.19. The molecule has 1 aromatic heterocycles. The van der Waals surface area contributed by atoms with Gasteiger partial charge in [0.1, 0.15) is 0 Å². The van der Waals surface area contributed by atoms with Crippen LogP contribution in [-0.2, 0) is 0 Å². The van der Waals surface area contributed by atoms with Crippen molar-refractivity contribution in [1.82, 2.24) is 4.57 Å². The minimum Gasteiger partial charge on any atom is -0.311 e. The highest BCUT2D eigenvalue weighted by atomic mass is 15.1. The van der Waals surface area contributed by atoms with Crippen LogP contribution in [0.5, 0.6) is 0 Å². The Morgan fingerprint density at radius 1 is 0.364 bits per heavy atom. The van der Waals surface area contributed by atoms with Crippen molar-refractivity contribution in [1.29, 1.82) is 0 Å². The number of rotatable bonds is 4. The van der Waals surface area contributed by atoms with Gasteiger partial charge in [-0.3, -0.25) is 0 Å². The van der Waals surface area contributed by atoms with Crippen molar-refractivity contribution in [3.8, 4) is 5.69 Å². The van der Waals surface area contributed by atoms with Gasteiger partial charge in [-0.1, -0.05) is 136 Å². The van der Waals surface area contributed by atoms with E-state index in [9.17, 15) is 0 Å². The number of aromatic nitrogens is 1. The SMILES string of the molecule is CC.CC.Cc1ccc(-n2c3ccccc3c3ccccc32)cc1.Cc1ccc(N(c2ccccc2)c2ccccc2)cc1. The Bertz CT molecular complexity index is 1740. The fourth-order valence-corrected chi connectivity index (χ4v) is 5.19. The van der Waals surface area contributed by atoms with Crippen molar-refractivity contribution < 1.29 is 0 Å². The van der Waals surface area contributed by atoms with E-state index in [4.69, 9.17) is 0 Å². The highest BCUT2D eigenvalue weighted by Crippen LogP contribution is 2.34. The molecule has 1 heterocycles. The van der Waals surface area contributed by atoms with E-state index < -0.39 is 0 Å². The minimum atomic E-state index is 1.17. The summed E-state index contributed by atoms with van der Waals surface area (Å²) in [6.45, 7) is 12.2. The highest BCUT2D eigenvalue weighted by Gasteiger charge is 2.12. The Labute approximate surface area is 263 Å². The molecule has 0 N–H and O–H groups in total. The van der Waals surface area contributed by atoms with Gasteiger partial charge in [-0.2, -0.15) is 0 Å². The van der Waals surface area contributed by atoms with Gasteiger partial charge in [-0.15, -0.1) is 0 Å². The first kappa shape index (κ1) is 31.8. The molecule has 222 valence electrons. The van der Waals surface area contributed by atoms with Gasteiger partial charge in [0.05, 0.1) is 11.0 Å². The molecule has 2 nitrogen and oxygen atoms in total. The van der Waals surface area contributed by atoms with Crippen LogP contribution in [-0.4, -0.2) is 4.57 Å². The fraction of sp³-hybridized carbons (Fsp3) is 0.143. The number of hydrogen-bond acceptors (Lipinski definition) is 1. The average molecular weight is 577 g/mol. The molecule has 0 aliphatic carbocycles. The van der Waals surface area contributed by atoms with Crippen LogP contribution < -0.4 is 4.90 Å². The summed E-state index contributed by atoms with van der Waals surface area (Å²) < 4.78 is 2.34. The first-order chi connectivity index (χ1) is 21.7. The first-order valence-electron chi connectivity index (χ1n) is 15.7. The summed E-state index contributed by atoms with van der Waals surface area (Å²) >= 11 is 0. The van der Waals surface area contributed by atoms with Crippen LogP contribution in [0.3, 0.4) is 0 Å². The van der Waals surface area contributed by atoms with Gasteiger partial charge < -0.3 is 9.47 Å². The third-order valence-corrected chi connectivity index (χ3v) is 7.19. The summed E-state index contributed by atoms with van der Waals surface area (Å²) in [5.41, 5.74) is 9.81. The monoisotopic (exact) mass is 576 g/mol. The number of para-hydroxylation sites is 4. The van der Waals surface area contributed by atoms with Crippen LogP contribution in [0.25, 0.3) is 27.5 Å². The summed E-state index contributed by atoms with van der Waals surface area (Å²) in [4.78, 5) is 2.26. The molecule has 0 saturated carbocycles. The largest absolute Gasteiger partial charge is 0.311 e. The van der Waals surface area contributed by atoms with Gasteiger partial charge in [-0.25, -0.2) is 0 Å². The van der Waals surface area contributed by atoms with Crippen LogP contribution >= 0.6 is 0 Å². The summed E-state index contributed by atoms with van der Waals surface area (Å²) in [6, 6.07) is 55.4. The molecule has 0 spiro atoms. The third-order valence-electron chi connectivity index (χ3n) is 7.19. The molecule has 0 bridgehead atoms. The van der Waals surface area contributed by atoms with Crippen molar-refractivity contribution >= 4 is 38.9 Å². The predicted molar refractivity (Wildman–Crippen MR) is 194 cm³/mol. The molecule has 6 aromatic carbocycles. The van der Waals surface area contributed by atoms with Crippen LogP contribution in [0.15, 0.2) is 158 Å². The molecule has 0 saturated heterocycles. The molecule has 7 rings (SSSR count). The number of fused-ring (bicyclic) bond motifs is 3. The van der Waals surface area contributed by atoms with Gasteiger partial charge in [0.2, 0.25) is 0 Å². The van der Waals surface area contributed by atoms with Crippen molar-refractivity contribution in [3.05, 3.63) is 169 Å². The van der Waals surface area contributed by atoms with E-state index >= 15 is 0 Å². The van der Waals surface area contributed by atoms with Crippen LogP contribution in [0, 0.1) is 13.8 Å². The van der Waals surface area contributed by atoms with E-state index in [2.05, 4.69) is 169 Å². The van der Waals surface area contributed by atoms with Crippen molar-refractivity contribution in [2.45, 2.75) is 41.5 Å². The third kappa shape index (κ3) is 7.27. The summed E-state index contributed by atoms with van der Waals surface area (Å²) in [5, 5.41) is 2.62. The topological polar surface area (TPSA) is 8.17 Å². The number of aryl methyl sites for hydroxylation is 2. The number of hydrogen-bond donors (Lipinski definition) is 0. The zero-order chi connectivity index (χ0) is 31.3. The Balaban J connectivity index is 0.000000181. The number of benzene rings is 6. The molecule has 44 heavy (non-hydrogen) atoms. The Morgan fingerprint density at radius 2 is 0.705 bits per heavy atom. The van der Waals surface area contributed by atoms with Crippen molar-refractivity contribution in [2.75, 3.05) is 4.90 Å². The Kier molecular flexibility index (Phi) is 11.5. The predicted octanol–water partition coefficient (Wildman–Crippen LogP) is 12.6. The van der Waals surface area contributed by atoms with Gasteiger partial charge in [-0.05, 0) is 74.5 Å². The Morgan fingerprint density at radius 3 is 1.14 bits per heavy atom. The summed E-state index contributed by atoms with van der Waals surface area (Å²) in [5.74, 6) is 0. The minimum absolute atomic E-state index is 1.17. The molecule has 0 fully saturated rings. The molecule has 0 amide bonds. The molecule has 7 aromatic rings. The highest BCUT2D eigenvalue weighted by molar-refractivity contribution is 6.09. The normalized spacial score (nSPS) is 10.0. The standard InChI is InChI=1S/C19H15N.C19H17N.2C2H6/c1-14-10-12-15(13-11-14)20-18-8-4-2-6-16(18)17-7-3-5-9-19(17)20;1-16-12-14-19(15-13-16)20(17-8-4-2-5-9-17)18-10-6-3-7-11-18;2*1-2/h2-13H,1H3;2-15H,1H3;2*1-2H3. The Hall–Kier alpha value is -5.08. The lowest BCUT2D eigenvalue weighted by atomic mass is 10.1. The lowest BCUT2D eigenvalue weighted by molar-refractivity contribution is 1.17. The molecule has 0 radical (unpaired) electrons. The van der Waals surface area contributed by atoms with E-state index in [1.54, 1.807) is 0 Å². The summed E-state index contributed by atoms with van der Waals surface area (Å²) in [6.07, 6.45) is 0. The maximum atomic E-state index is 2.34. The molecular weight excluding hydrogens is 532 g/mol. The smallest absolute Gasteiger partial charge is 0.0541 e. The molecule has 2 heteroatoms. The molecule has 0 unspecified atom stereocenters. The van der Waals surface area contributed by atoms with Gasteiger partial charge in [0.25, 0.3) is 0 Å². The summed E-state index contributed by atoms with van der Waals surface area (Å²) in [7, 11) is 0. The van der Waals surface area contributed by atoms with Crippen LogP contribution in [0.1, 0.15) is 38.8 Å². The molecule has 0 aliphatic rings. The van der Waals surface area contributed by atoms with Gasteiger partial charge in [0, 0.05) is 33.5 Å². The zero-order valence-corrected chi connectivity index (χ0v) is 26.9. The lowest BCUT2D eigenvalue weighted by Crippen LogP contribution is -2.09. The van der Waals surface area contributed by atoms with E-state index in [0.29, 0.717) is 0 Å². The van der Waals surface area contributed by atoms with E-state index in [-0.39, 0.29) is 0 Å². The zero-order valence-electron chi connectivity index (χ0n) is 26.9. The first-order valence-corrected chi connectivity index (χ1v) is 15.7. The number of anilines is 3. The maximum Gasteiger partial charge on any atom is 0.0541 e. The molecule has 0 atom stereocenters. The van der Waals surface area contributed by atoms with Crippen molar-refractivity contribution in [3.63, 3.8) is 0 Å². The van der Waals surface area contributed by atoms with Crippen LogP contribution in [0.4, 0.5) is 17.1 Å². The lowest BCUT2D eigenvalue weighted by Gasteiger charge is -2.25. The van der Waals surface area contributed by atoms with Crippen molar-refractivity contribution in [2.24, 2.45) is 0 Å². The maximum absolute atomic E-state index is 2.34. The average Bonchev–Trinajstić information content (AvgIpc) is 3.44. The second-order valence-corrected chi connectivity index (χ2v) is 10.0. The van der Waals surface area contributed by atoms with Gasteiger partial charge in [0.15, 0.2) is 0 Å². The van der Waals surface area contributed by atoms with E-state index in [1.165, 1.54) is 55.7 Å². The number of nitrogens with zero attached hydrogens (tertiary/aromatic N) is 2. The van der Waals surface area contributed by atoms with Gasteiger partial charge >= 0.3 is 0 Å². The molecular formula is C42H44N2. The molecule has 0 aliphatic heterocycles. The second-order valence-electron chi connectivity index (χ2n) is 10.0. The quantitative estimate of drug-likeness (QED) is 0.202. The van der Waals surface area contributed by atoms with Crippen LogP contribution in [0.2, 0.25) is 0 Å².